The van der Waals surface area contributed by atoms with Crippen LogP contribution in [0.2, 0.25) is 5.02 Å². The number of amides is 4. The van der Waals surface area contributed by atoms with Crippen LogP contribution < -0.4 is 20.9 Å². The highest BCUT2D eigenvalue weighted by atomic mass is 35.5. The normalized spacial score (nSPS) is 15.9. The van der Waals surface area contributed by atoms with Crippen LogP contribution in [0.5, 0.6) is 0 Å². The van der Waals surface area contributed by atoms with Crippen molar-refractivity contribution in [1.29, 1.82) is 0 Å². The van der Waals surface area contributed by atoms with Crippen LogP contribution in [0.25, 0.3) is 5.69 Å². The van der Waals surface area contributed by atoms with Crippen molar-refractivity contribution in [1.82, 2.24) is 30.4 Å². The summed E-state index contributed by atoms with van der Waals surface area (Å²) in [6.45, 7) is 3.00. The fourth-order valence-corrected chi connectivity index (χ4v) is 6.16. The lowest BCUT2D eigenvalue weighted by Crippen LogP contribution is -2.54. The zero-order chi connectivity index (χ0) is 35.9. The molecule has 0 aliphatic carbocycles. The number of nitrogens with zero attached hydrogens (tertiary/aromatic N) is 6. The van der Waals surface area contributed by atoms with Crippen molar-refractivity contribution in [2.45, 2.75) is 31.3 Å². The van der Waals surface area contributed by atoms with Crippen molar-refractivity contribution in [2.24, 2.45) is 0 Å². The van der Waals surface area contributed by atoms with Gasteiger partial charge in [0.15, 0.2) is 0 Å². The van der Waals surface area contributed by atoms with Crippen LogP contribution in [0.15, 0.2) is 73.1 Å². The Hall–Kier alpha value is -5.71. The lowest BCUT2D eigenvalue weighted by atomic mass is 10.0. The van der Waals surface area contributed by atoms with Crippen LogP contribution in [0, 0.1) is 0 Å². The number of piperazine rings is 1. The number of nitrogens with one attached hydrogen (secondary N) is 3. The topological polar surface area (TPSA) is 201 Å². The summed E-state index contributed by atoms with van der Waals surface area (Å²) in [4.78, 5) is 68.2. The fraction of sp³-hybridized carbons (Fsp3) is 0.294. The van der Waals surface area contributed by atoms with Crippen LogP contribution >= 0.6 is 11.6 Å². The van der Waals surface area contributed by atoms with Gasteiger partial charge in [0.2, 0.25) is 11.8 Å². The molecule has 3 heterocycles. The molecule has 264 valence electrons. The van der Waals surface area contributed by atoms with E-state index < -0.39 is 29.7 Å². The molecule has 16 nitrogen and oxygen atoms in total. The minimum atomic E-state index is -1.24. The van der Waals surface area contributed by atoms with E-state index in [1.807, 2.05) is 0 Å². The molecule has 4 amide bonds. The van der Waals surface area contributed by atoms with E-state index in [1.165, 1.54) is 41.3 Å². The first kappa shape index (κ1) is 35.1. The van der Waals surface area contributed by atoms with Gasteiger partial charge in [0, 0.05) is 55.2 Å². The van der Waals surface area contributed by atoms with Crippen LogP contribution in [0.3, 0.4) is 0 Å². The number of halogens is 1. The van der Waals surface area contributed by atoms with Crippen LogP contribution in [0.4, 0.5) is 17.1 Å². The van der Waals surface area contributed by atoms with Gasteiger partial charge in [-0.05, 0) is 83.4 Å². The molecule has 1 unspecified atom stereocenters. The number of ether oxygens (including phenoxy) is 1. The molecule has 4 aromatic rings. The summed E-state index contributed by atoms with van der Waals surface area (Å²) < 4.78 is 6.74. The number of aromatic nitrogens is 4. The molecule has 1 aromatic heterocycles. The number of carboxylic acid groups (broad SMARTS) is 1. The molecular weight excluding hydrogens is 682 g/mol. The van der Waals surface area contributed by atoms with Gasteiger partial charge in [-0.15, -0.1) is 5.10 Å². The molecule has 1 atom stereocenters. The maximum absolute atomic E-state index is 13.5. The highest BCUT2D eigenvalue weighted by Gasteiger charge is 2.31. The van der Waals surface area contributed by atoms with E-state index in [-0.39, 0.29) is 34.3 Å². The summed E-state index contributed by atoms with van der Waals surface area (Å²) >= 11 is 6.14. The maximum atomic E-state index is 13.5. The van der Waals surface area contributed by atoms with E-state index in [2.05, 4.69) is 36.4 Å². The quantitative estimate of drug-likeness (QED) is 0.175. The summed E-state index contributed by atoms with van der Waals surface area (Å²) in [7, 11) is 0. The Morgan fingerprint density at radius 2 is 1.69 bits per heavy atom. The van der Waals surface area contributed by atoms with E-state index in [9.17, 15) is 29.1 Å². The average Bonchev–Trinajstić information content (AvgIpc) is 3.67. The number of carbonyl (C=O) groups excluding carboxylic acids is 4. The van der Waals surface area contributed by atoms with Crippen LogP contribution in [-0.4, -0.2) is 105 Å². The number of carboxylic acids is 1. The molecule has 0 saturated carbocycles. The van der Waals surface area contributed by atoms with E-state index in [1.54, 1.807) is 41.3 Å². The monoisotopic (exact) mass is 715 g/mol. The summed E-state index contributed by atoms with van der Waals surface area (Å²) in [5.41, 5.74) is 2.15. The van der Waals surface area contributed by atoms with Crippen molar-refractivity contribution in [3.05, 3.63) is 89.2 Å². The standard InChI is InChI=1S/C34H34ClN9O7/c35-23-5-10-29(44-20-36-40-41-44)27(18-23)38-32(47)33(48)39-28(31(46)37-24-6-3-22(4-7-24)34(49)50)17-21-1-8-26(9-2-21)43-14-13-42(19-30(43)45)25-11-15-51-16-12-25/h1-10,18,20,25,28H,11-17,19H2,(H,37,46)(H,38,47)(H,39,48)(H,49,50). The number of anilines is 3. The molecule has 3 aromatic carbocycles. The third kappa shape index (κ3) is 8.72. The van der Waals surface area contributed by atoms with E-state index in [4.69, 9.17) is 16.3 Å². The average molecular weight is 716 g/mol. The Morgan fingerprint density at radius 3 is 2.35 bits per heavy atom. The number of carbonyl (C=O) groups is 5. The Bertz CT molecular complexity index is 1900. The molecule has 51 heavy (non-hydrogen) atoms. The number of hydrogen-bond acceptors (Lipinski definition) is 10. The number of hydrogen-bond donors (Lipinski definition) is 4. The number of benzene rings is 3. The van der Waals surface area contributed by atoms with Gasteiger partial charge < -0.3 is 30.7 Å². The zero-order valence-electron chi connectivity index (χ0n) is 27.2. The molecule has 0 radical (unpaired) electrons. The number of rotatable bonds is 10. The van der Waals surface area contributed by atoms with Gasteiger partial charge in [0.25, 0.3) is 0 Å². The lowest BCUT2D eigenvalue weighted by Gasteiger charge is -2.40. The molecule has 6 rings (SSSR count). The van der Waals surface area contributed by atoms with Crippen molar-refractivity contribution in [2.75, 3.05) is 48.4 Å². The van der Waals surface area contributed by atoms with E-state index in [0.717, 1.165) is 19.4 Å². The number of tetrazole rings is 1. The second-order valence-electron chi connectivity index (χ2n) is 12.0. The number of aromatic carboxylic acids is 1. The molecule has 0 spiro atoms. The first-order valence-corrected chi connectivity index (χ1v) is 16.5. The molecule has 0 bridgehead atoms. The minimum absolute atomic E-state index is 0.00659. The third-order valence-corrected chi connectivity index (χ3v) is 8.91. The minimum Gasteiger partial charge on any atom is -0.478 e. The Kier molecular flexibility index (Phi) is 10.9. The highest BCUT2D eigenvalue weighted by Crippen LogP contribution is 2.25. The molecule has 2 aliphatic heterocycles. The van der Waals surface area contributed by atoms with Crippen molar-refractivity contribution in [3.63, 3.8) is 0 Å². The van der Waals surface area contributed by atoms with Crippen molar-refractivity contribution >= 4 is 58.3 Å². The summed E-state index contributed by atoms with van der Waals surface area (Å²) in [6, 6.07) is 16.2. The SMILES string of the molecule is O=C(Nc1cc(Cl)ccc1-n1cnnn1)C(=O)NC(Cc1ccc(N2CCN(C3CCOCC3)CC2=O)cc1)C(=O)Nc1ccc(C(=O)O)cc1. The maximum Gasteiger partial charge on any atom is 0.335 e. The van der Waals surface area contributed by atoms with Gasteiger partial charge in [-0.25, -0.2) is 4.79 Å². The molecule has 2 saturated heterocycles. The highest BCUT2D eigenvalue weighted by molar-refractivity contribution is 6.40. The Morgan fingerprint density at radius 1 is 0.941 bits per heavy atom. The van der Waals surface area contributed by atoms with Crippen LogP contribution in [-0.2, 0) is 30.3 Å². The van der Waals surface area contributed by atoms with Gasteiger partial charge in [-0.3, -0.25) is 24.1 Å². The fourth-order valence-electron chi connectivity index (χ4n) is 5.99. The lowest BCUT2D eigenvalue weighted by molar-refractivity contribution is -0.137. The Balaban J connectivity index is 1.16. The zero-order valence-corrected chi connectivity index (χ0v) is 28.0. The summed E-state index contributed by atoms with van der Waals surface area (Å²) in [5, 5.41) is 28.2. The predicted octanol–water partition coefficient (Wildman–Crippen LogP) is 2.15. The van der Waals surface area contributed by atoms with Crippen molar-refractivity contribution < 1.29 is 33.8 Å². The molecular formula is C34H34ClN9O7. The third-order valence-electron chi connectivity index (χ3n) is 8.68. The van der Waals surface area contributed by atoms with Gasteiger partial charge in [-0.2, -0.15) is 4.68 Å². The van der Waals surface area contributed by atoms with Gasteiger partial charge >= 0.3 is 17.8 Å². The van der Waals surface area contributed by atoms with E-state index >= 15 is 0 Å². The van der Waals surface area contributed by atoms with Gasteiger partial charge in [0.1, 0.15) is 12.4 Å². The second kappa shape index (κ2) is 15.9. The predicted molar refractivity (Wildman–Crippen MR) is 185 cm³/mol. The first-order valence-electron chi connectivity index (χ1n) is 16.1. The summed E-state index contributed by atoms with van der Waals surface area (Å²) in [5.74, 6) is -3.97. The van der Waals surface area contributed by atoms with Crippen LogP contribution in [0.1, 0.15) is 28.8 Å². The van der Waals surface area contributed by atoms with Gasteiger partial charge in [-0.1, -0.05) is 23.7 Å². The van der Waals surface area contributed by atoms with Gasteiger partial charge in [0.05, 0.1) is 23.5 Å². The first-order chi connectivity index (χ1) is 24.6. The molecule has 17 heteroatoms. The molecule has 2 fully saturated rings. The largest absolute Gasteiger partial charge is 0.478 e. The van der Waals surface area contributed by atoms with E-state index in [0.29, 0.717) is 49.3 Å². The smallest absolute Gasteiger partial charge is 0.335 e. The molecule has 4 N–H and O–H groups in total. The molecule has 2 aliphatic rings. The summed E-state index contributed by atoms with van der Waals surface area (Å²) in [6.07, 6.45) is 3.10. The second-order valence-corrected chi connectivity index (χ2v) is 12.4. The van der Waals surface area contributed by atoms with Crippen molar-refractivity contribution in [3.8, 4) is 5.69 Å². The Labute approximate surface area is 296 Å².